The minimum Gasteiger partial charge on any atom is -0.385 e. The van der Waals surface area contributed by atoms with Crippen molar-refractivity contribution in [3.05, 3.63) is 34.9 Å². The van der Waals surface area contributed by atoms with Gasteiger partial charge < -0.3 is 5.11 Å². The van der Waals surface area contributed by atoms with Gasteiger partial charge in [0.2, 0.25) is 0 Å². The maximum Gasteiger partial charge on any atom is 0.0904 e. The predicted octanol–water partition coefficient (Wildman–Crippen LogP) is 4.34. The number of hydrogen-bond acceptors (Lipinski definition) is 1. The van der Waals surface area contributed by atoms with E-state index < -0.39 is 5.60 Å². The lowest BCUT2D eigenvalue weighted by Crippen LogP contribution is -2.40. The molecule has 0 amide bonds. The van der Waals surface area contributed by atoms with E-state index in [4.69, 9.17) is 0 Å². The Morgan fingerprint density at radius 1 is 1.06 bits per heavy atom. The molecule has 100 valence electrons. The second-order valence-electron chi connectivity index (χ2n) is 7.26. The standard InChI is InChI=1S/C17H26O/c1-12-6-13(2)8-15(7-12)17(18)10-14(3)9-16(4,5)11-17/h6-8,14,18H,9-11H2,1-5H3. The van der Waals surface area contributed by atoms with Crippen LogP contribution in [0.3, 0.4) is 0 Å². The van der Waals surface area contributed by atoms with Crippen LogP contribution in [-0.4, -0.2) is 5.11 Å². The topological polar surface area (TPSA) is 20.2 Å². The second kappa shape index (κ2) is 4.38. The molecule has 1 aromatic carbocycles. The predicted molar refractivity (Wildman–Crippen MR) is 76.6 cm³/mol. The molecule has 18 heavy (non-hydrogen) atoms. The molecule has 2 rings (SSSR count). The molecule has 0 bridgehead atoms. The number of hydrogen-bond donors (Lipinski definition) is 1. The number of rotatable bonds is 1. The fourth-order valence-corrected chi connectivity index (χ4v) is 3.99. The van der Waals surface area contributed by atoms with Crippen molar-refractivity contribution in [2.45, 2.75) is 59.5 Å². The molecule has 0 aromatic heterocycles. The highest BCUT2D eigenvalue weighted by Gasteiger charge is 2.42. The largest absolute Gasteiger partial charge is 0.385 e. The fraction of sp³-hybridized carbons (Fsp3) is 0.647. The Morgan fingerprint density at radius 3 is 2.11 bits per heavy atom. The minimum atomic E-state index is -0.641. The molecule has 1 fully saturated rings. The Bertz CT molecular complexity index is 427. The lowest BCUT2D eigenvalue weighted by atomic mass is 9.63. The molecule has 2 atom stereocenters. The van der Waals surface area contributed by atoms with Crippen molar-refractivity contribution in [3.63, 3.8) is 0 Å². The van der Waals surface area contributed by atoms with E-state index in [0.29, 0.717) is 5.92 Å². The zero-order valence-corrected chi connectivity index (χ0v) is 12.4. The monoisotopic (exact) mass is 246 g/mol. The molecule has 2 unspecified atom stereocenters. The van der Waals surface area contributed by atoms with Crippen LogP contribution in [0.4, 0.5) is 0 Å². The van der Waals surface area contributed by atoms with Crippen LogP contribution in [0.2, 0.25) is 0 Å². The van der Waals surface area contributed by atoms with Gasteiger partial charge in [-0.25, -0.2) is 0 Å². The van der Waals surface area contributed by atoms with Crippen molar-refractivity contribution in [2.75, 3.05) is 0 Å². The molecule has 1 aliphatic carbocycles. The number of aliphatic hydroxyl groups is 1. The Morgan fingerprint density at radius 2 is 1.61 bits per heavy atom. The Balaban J connectivity index is 2.40. The molecule has 1 heteroatoms. The summed E-state index contributed by atoms with van der Waals surface area (Å²) in [5.74, 6) is 0.583. The van der Waals surface area contributed by atoms with Gasteiger partial charge in [-0.1, -0.05) is 50.1 Å². The second-order valence-corrected chi connectivity index (χ2v) is 7.26. The van der Waals surface area contributed by atoms with Gasteiger partial charge in [0.05, 0.1) is 5.60 Å². The highest BCUT2D eigenvalue weighted by atomic mass is 16.3. The third kappa shape index (κ3) is 2.77. The number of aryl methyl sites for hydroxylation is 2. The van der Waals surface area contributed by atoms with Crippen LogP contribution in [0, 0.1) is 25.2 Å². The summed E-state index contributed by atoms with van der Waals surface area (Å²) in [6.45, 7) is 11.0. The summed E-state index contributed by atoms with van der Waals surface area (Å²) >= 11 is 0. The van der Waals surface area contributed by atoms with Gasteiger partial charge in [-0.15, -0.1) is 0 Å². The van der Waals surface area contributed by atoms with Crippen LogP contribution in [0.15, 0.2) is 18.2 Å². The molecule has 1 aromatic rings. The summed E-state index contributed by atoms with van der Waals surface area (Å²) in [5, 5.41) is 11.1. The van der Waals surface area contributed by atoms with Gasteiger partial charge in [0, 0.05) is 0 Å². The molecular formula is C17H26O. The van der Waals surface area contributed by atoms with Gasteiger partial charge in [0.1, 0.15) is 0 Å². The maximum atomic E-state index is 11.1. The fourth-order valence-electron chi connectivity index (χ4n) is 3.99. The van der Waals surface area contributed by atoms with E-state index in [0.717, 1.165) is 18.4 Å². The normalized spacial score (nSPS) is 31.3. The van der Waals surface area contributed by atoms with E-state index in [1.807, 2.05) is 0 Å². The van der Waals surface area contributed by atoms with Gasteiger partial charge in [0.15, 0.2) is 0 Å². The number of benzene rings is 1. The first-order chi connectivity index (χ1) is 8.20. The van der Waals surface area contributed by atoms with Crippen LogP contribution >= 0.6 is 0 Å². The highest BCUT2D eigenvalue weighted by molar-refractivity contribution is 5.33. The first kappa shape index (κ1) is 13.6. The van der Waals surface area contributed by atoms with Crippen LogP contribution in [0.25, 0.3) is 0 Å². The summed E-state index contributed by atoms with van der Waals surface area (Å²) < 4.78 is 0. The van der Waals surface area contributed by atoms with E-state index in [2.05, 4.69) is 52.8 Å². The molecule has 1 nitrogen and oxygen atoms in total. The van der Waals surface area contributed by atoms with Gasteiger partial charge >= 0.3 is 0 Å². The van der Waals surface area contributed by atoms with E-state index in [1.54, 1.807) is 0 Å². The quantitative estimate of drug-likeness (QED) is 0.781. The van der Waals surface area contributed by atoms with Crippen molar-refractivity contribution in [3.8, 4) is 0 Å². The van der Waals surface area contributed by atoms with Crippen LogP contribution < -0.4 is 0 Å². The molecule has 0 aliphatic heterocycles. The van der Waals surface area contributed by atoms with Crippen molar-refractivity contribution in [1.82, 2.24) is 0 Å². The molecule has 1 aliphatic rings. The smallest absolute Gasteiger partial charge is 0.0904 e. The summed E-state index contributed by atoms with van der Waals surface area (Å²) in [7, 11) is 0. The van der Waals surface area contributed by atoms with E-state index >= 15 is 0 Å². The van der Waals surface area contributed by atoms with Crippen molar-refractivity contribution < 1.29 is 5.11 Å². The summed E-state index contributed by atoms with van der Waals surface area (Å²) in [6, 6.07) is 6.48. The van der Waals surface area contributed by atoms with E-state index in [1.165, 1.54) is 17.5 Å². The first-order valence-corrected chi connectivity index (χ1v) is 7.01. The average Bonchev–Trinajstić information content (AvgIpc) is 2.11. The zero-order chi connectivity index (χ0) is 13.6. The van der Waals surface area contributed by atoms with Crippen molar-refractivity contribution in [1.29, 1.82) is 0 Å². The molecule has 0 radical (unpaired) electrons. The highest BCUT2D eigenvalue weighted by Crippen LogP contribution is 2.48. The lowest BCUT2D eigenvalue weighted by Gasteiger charge is -2.45. The van der Waals surface area contributed by atoms with Crippen molar-refractivity contribution >= 4 is 0 Å². The summed E-state index contributed by atoms with van der Waals surface area (Å²) in [4.78, 5) is 0. The van der Waals surface area contributed by atoms with E-state index in [9.17, 15) is 5.11 Å². The minimum absolute atomic E-state index is 0.226. The summed E-state index contributed by atoms with van der Waals surface area (Å²) in [5.41, 5.74) is 3.19. The molecular weight excluding hydrogens is 220 g/mol. The van der Waals surface area contributed by atoms with Gasteiger partial charge in [-0.2, -0.15) is 0 Å². The van der Waals surface area contributed by atoms with E-state index in [-0.39, 0.29) is 5.41 Å². The Kier molecular flexibility index (Phi) is 3.31. The zero-order valence-electron chi connectivity index (χ0n) is 12.4. The van der Waals surface area contributed by atoms with Crippen LogP contribution in [-0.2, 0) is 5.60 Å². The maximum absolute atomic E-state index is 11.1. The average molecular weight is 246 g/mol. The van der Waals surface area contributed by atoms with Crippen LogP contribution in [0.1, 0.15) is 56.7 Å². The molecule has 0 saturated heterocycles. The lowest BCUT2D eigenvalue weighted by molar-refractivity contribution is -0.0635. The molecule has 0 heterocycles. The molecule has 1 N–H and O–H groups in total. The SMILES string of the molecule is Cc1cc(C)cc(C2(O)CC(C)CC(C)(C)C2)c1. The molecule has 1 saturated carbocycles. The third-order valence-electron chi connectivity index (χ3n) is 4.12. The Labute approximate surface area is 111 Å². The van der Waals surface area contributed by atoms with Gasteiger partial charge in [-0.05, 0) is 50.0 Å². The van der Waals surface area contributed by atoms with Gasteiger partial charge in [-0.3, -0.25) is 0 Å². The molecule has 0 spiro atoms. The van der Waals surface area contributed by atoms with Crippen LogP contribution in [0.5, 0.6) is 0 Å². The van der Waals surface area contributed by atoms with Crippen molar-refractivity contribution in [2.24, 2.45) is 11.3 Å². The summed E-state index contributed by atoms with van der Waals surface area (Å²) in [6.07, 6.45) is 2.96. The third-order valence-corrected chi connectivity index (χ3v) is 4.12. The Hall–Kier alpha value is -0.820. The van der Waals surface area contributed by atoms with Gasteiger partial charge in [0.25, 0.3) is 0 Å². The first-order valence-electron chi connectivity index (χ1n) is 7.01.